The average molecular weight is 244 g/mol. The lowest BCUT2D eigenvalue weighted by molar-refractivity contribution is -0.0202. The number of hydrogen-bond acceptors (Lipinski definition) is 2. The summed E-state index contributed by atoms with van der Waals surface area (Å²) in [6, 6.07) is 4.19. The van der Waals surface area contributed by atoms with Gasteiger partial charge in [-0.15, -0.1) is 0 Å². The van der Waals surface area contributed by atoms with Crippen molar-refractivity contribution in [3.8, 4) is 0 Å². The third-order valence-corrected chi connectivity index (χ3v) is 3.56. The normalized spacial score (nSPS) is 21.0. The average Bonchev–Trinajstić information content (AvgIpc) is 2.22. The molecule has 1 heterocycles. The molecule has 0 atom stereocenters. The molecule has 0 spiro atoms. The second-order valence-electron chi connectivity index (χ2n) is 4.46. The van der Waals surface area contributed by atoms with E-state index in [9.17, 15) is 9.50 Å². The van der Waals surface area contributed by atoms with Crippen LogP contribution in [-0.2, 0) is 5.60 Å². The number of nitrogens with zero attached hydrogens (tertiary/aromatic N) is 1. The lowest BCUT2D eigenvalue weighted by Gasteiger charge is -2.37. The van der Waals surface area contributed by atoms with Gasteiger partial charge in [0.25, 0.3) is 0 Å². The van der Waals surface area contributed by atoms with Crippen LogP contribution in [0.3, 0.4) is 0 Å². The zero-order valence-corrected chi connectivity index (χ0v) is 9.97. The summed E-state index contributed by atoms with van der Waals surface area (Å²) in [5.74, 6) is -0.370. The topological polar surface area (TPSA) is 23.5 Å². The summed E-state index contributed by atoms with van der Waals surface area (Å²) in [5.41, 5.74) is -0.263. The van der Waals surface area contributed by atoms with Gasteiger partial charge in [0.05, 0.1) is 5.60 Å². The van der Waals surface area contributed by atoms with Gasteiger partial charge in [-0.25, -0.2) is 4.39 Å². The first-order valence-corrected chi connectivity index (χ1v) is 5.75. The zero-order chi connectivity index (χ0) is 11.8. The molecule has 1 aromatic rings. The molecule has 1 N–H and O–H groups in total. The number of likely N-dealkylation sites (tertiary alicyclic amines) is 1. The quantitative estimate of drug-likeness (QED) is 0.819. The van der Waals surface area contributed by atoms with Crippen LogP contribution in [0.15, 0.2) is 18.2 Å². The molecule has 2 rings (SSSR count). The van der Waals surface area contributed by atoms with Gasteiger partial charge in [0, 0.05) is 23.7 Å². The van der Waals surface area contributed by atoms with Crippen molar-refractivity contribution in [3.05, 3.63) is 34.6 Å². The first kappa shape index (κ1) is 11.8. The molecule has 0 amide bonds. The van der Waals surface area contributed by atoms with Crippen LogP contribution in [0, 0.1) is 5.82 Å². The molecular weight excluding hydrogens is 229 g/mol. The van der Waals surface area contributed by atoms with Crippen molar-refractivity contribution < 1.29 is 9.50 Å². The summed E-state index contributed by atoms with van der Waals surface area (Å²) < 4.78 is 12.9. The van der Waals surface area contributed by atoms with Crippen LogP contribution in [0.25, 0.3) is 0 Å². The second kappa shape index (κ2) is 4.32. The Balaban J connectivity index is 2.29. The van der Waals surface area contributed by atoms with Crippen LogP contribution in [-0.4, -0.2) is 30.1 Å². The van der Waals surface area contributed by atoms with Crippen molar-refractivity contribution >= 4 is 11.6 Å². The molecule has 1 saturated heterocycles. The molecule has 88 valence electrons. The maximum Gasteiger partial charge on any atom is 0.124 e. The number of piperidine rings is 1. The van der Waals surface area contributed by atoms with E-state index in [0.29, 0.717) is 23.4 Å². The van der Waals surface area contributed by atoms with Crippen LogP contribution in [0.1, 0.15) is 18.4 Å². The van der Waals surface area contributed by atoms with Crippen molar-refractivity contribution in [1.29, 1.82) is 0 Å². The summed E-state index contributed by atoms with van der Waals surface area (Å²) in [6.45, 7) is 1.65. The predicted molar refractivity (Wildman–Crippen MR) is 62.0 cm³/mol. The van der Waals surface area contributed by atoms with Gasteiger partial charge in [-0.05, 0) is 32.0 Å². The fraction of sp³-hybridized carbons (Fsp3) is 0.500. The lowest BCUT2D eigenvalue weighted by Crippen LogP contribution is -2.40. The van der Waals surface area contributed by atoms with E-state index in [1.165, 1.54) is 12.1 Å². The Morgan fingerprint density at radius 2 is 2.00 bits per heavy atom. The van der Waals surface area contributed by atoms with Crippen LogP contribution < -0.4 is 0 Å². The Hall–Kier alpha value is -0.640. The minimum absolute atomic E-state index is 0.312. The Morgan fingerprint density at radius 3 is 2.56 bits per heavy atom. The van der Waals surface area contributed by atoms with Gasteiger partial charge in [-0.3, -0.25) is 0 Å². The Bertz CT molecular complexity index is 389. The Labute approximate surface area is 99.6 Å². The van der Waals surface area contributed by atoms with Crippen molar-refractivity contribution in [2.75, 3.05) is 20.1 Å². The third kappa shape index (κ3) is 2.21. The second-order valence-corrected chi connectivity index (χ2v) is 4.87. The van der Waals surface area contributed by atoms with Gasteiger partial charge >= 0.3 is 0 Å². The standard InChI is InChI=1S/C12H15ClFNO/c1-15-6-4-12(16,5-7-15)10-3-2-9(14)8-11(10)13/h2-3,8,16H,4-7H2,1H3. The SMILES string of the molecule is CN1CCC(O)(c2ccc(F)cc2Cl)CC1. The molecule has 0 aromatic heterocycles. The lowest BCUT2D eigenvalue weighted by atomic mass is 9.84. The highest BCUT2D eigenvalue weighted by Gasteiger charge is 2.34. The van der Waals surface area contributed by atoms with E-state index in [4.69, 9.17) is 11.6 Å². The molecule has 0 radical (unpaired) electrons. The van der Waals surface area contributed by atoms with Crippen molar-refractivity contribution in [2.45, 2.75) is 18.4 Å². The molecule has 0 aliphatic carbocycles. The summed E-state index contributed by atoms with van der Waals surface area (Å²) >= 11 is 5.98. The predicted octanol–water partition coefficient (Wildman–Crippen LogP) is 2.39. The maximum absolute atomic E-state index is 12.9. The van der Waals surface area contributed by atoms with Gasteiger partial charge in [0.2, 0.25) is 0 Å². The minimum atomic E-state index is -0.905. The van der Waals surface area contributed by atoms with Gasteiger partial charge in [-0.2, -0.15) is 0 Å². The van der Waals surface area contributed by atoms with Gasteiger partial charge < -0.3 is 10.0 Å². The van der Waals surface area contributed by atoms with Crippen molar-refractivity contribution in [1.82, 2.24) is 4.90 Å². The minimum Gasteiger partial charge on any atom is -0.385 e. The van der Waals surface area contributed by atoms with Gasteiger partial charge in [-0.1, -0.05) is 17.7 Å². The van der Waals surface area contributed by atoms with E-state index in [2.05, 4.69) is 4.90 Å². The zero-order valence-electron chi connectivity index (χ0n) is 9.21. The van der Waals surface area contributed by atoms with E-state index < -0.39 is 5.60 Å². The summed E-state index contributed by atoms with van der Waals surface area (Å²) in [5, 5.41) is 10.8. The fourth-order valence-electron chi connectivity index (χ4n) is 2.12. The van der Waals surface area contributed by atoms with Gasteiger partial charge in [0.1, 0.15) is 5.82 Å². The molecule has 1 aliphatic heterocycles. The Kier molecular flexibility index (Phi) is 3.19. The number of benzene rings is 1. The molecule has 0 bridgehead atoms. The van der Waals surface area contributed by atoms with Crippen LogP contribution in [0.4, 0.5) is 4.39 Å². The molecule has 1 fully saturated rings. The fourth-order valence-corrected chi connectivity index (χ4v) is 2.47. The molecule has 4 heteroatoms. The van der Waals surface area contributed by atoms with E-state index in [1.807, 2.05) is 7.05 Å². The largest absolute Gasteiger partial charge is 0.385 e. The van der Waals surface area contributed by atoms with Crippen LogP contribution in [0.5, 0.6) is 0 Å². The van der Waals surface area contributed by atoms with E-state index in [0.717, 1.165) is 13.1 Å². The summed E-state index contributed by atoms with van der Waals surface area (Å²) in [7, 11) is 2.02. The van der Waals surface area contributed by atoms with Crippen LogP contribution >= 0.6 is 11.6 Å². The summed E-state index contributed by atoms with van der Waals surface area (Å²) in [6.07, 6.45) is 1.27. The highest BCUT2D eigenvalue weighted by atomic mass is 35.5. The Morgan fingerprint density at radius 1 is 1.38 bits per heavy atom. The smallest absolute Gasteiger partial charge is 0.124 e. The number of rotatable bonds is 1. The molecule has 0 saturated carbocycles. The number of hydrogen-bond donors (Lipinski definition) is 1. The summed E-state index contributed by atoms with van der Waals surface area (Å²) in [4.78, 5) is 2.16. The highest BCUT2D eigenvalue weighted by molar-refractivity contribution is 6.31. The molecule has 1 aliphatic rings. The number of aliphatic hydroxyl groups is 1. The molecule has 16 heavy (non-hydrogen) atoms. The first-order valence-electron chi connectivity index (χ1n) is 5.38. The first-order chi connectivity index (χ1) is 7.51. The van der Waals surface area contributed by atoms with Crippen molar-refractivity contribution in [3.63, 3.8) is 0 Å². The monoisotopic (exact) mass is 243 g/mol. The molecule has 1 aromatic carbocycles. The van der Waals surface area contributed by atoms with Crippen molar-refractivity contribution in [2.24, 2.45) is 0 Å². The van der Waals surface area contributed by atoms with E-state index in [-0.39, 0.29) is 5.82 Å². The number of halogens is 2. The molecule has 0 unspecified atom stereocenters. The highest BCUT2D eigenvalue weighted by Crippen LogP contribution is 2.36. The molecule has 2 nitrogen and oxygen atoms in total. The van der Waals surface area contributed by atoms with Gasteiger partial charge in [0.15, 0.2) is 0 Å². The maximum atomic E-state index is 12.9. The molecular formula is C12H15ClFNO. The van der Waals surface area contributed by atoms with E-state index >= 15 is 0 Å². The third-order valence-electron chi connectivity index (χ3n) is 3.25. The van der Waals surface area contributed by atoms with Crippen LogP contribution in [0.2, 0.25) is 5.02 Å². The van der Waals surface area contributed by atoms with E-state index in [1.54, 1.807) is 6.07 Å².